The number of likely N-dealkylation sites (N-methyl/N-ethyl adjacent to an activating group) is 1. The van der Waals surface area contributed by atoms with E-state index >= 15 is 0 Å². The molecule has 0 unspecified atom stereocenters. The van der Waals surface area contributed by atoms with Gasteiger partial charge in [0.15, 0.2) is 11.5 Å². The van der Waals surface area contributed by atoms with Crippen LogP contribution < -0.4 is 20.1 Å². The van der Waals surface area contributed by atoms with E-state index in [1.807, 2.05) is 49.3 Å². The van der Waals surface area contributed by atoms with Gasteiger partial charge in [0.05, 0.1) is 12.6 Å². The maximum atomic E-state index is 12.2. The number of hydrogen-bond donors (Lipinski definition) is 2. The minimum absolute atomic E-state index is 0.0553. The van der Waals surface area contributed by atoms with Gasteiger partial charge >= 0.3 is 0 Å². The van der Waals surface area contributed by atoms with Crippen molar-refractivity contribution in [2.24, 2.45) is 0 Å². The van der Waals surface area contributed by atoms with Gasteiger partial charge < -0.3 is 25.0 Å². The van der Waals surface area contributed by atoms with Crippen LogP contribution in [0.5, 0.6) is 11.5 Å². The van der Waals surface area contributed by atoms with Gasteiger partial charge in [-0.2, -0.15) is 0 Å². The number of rotatable bonds is 7. The molecule has 0 fully saturated rings. The van der Waals surface area contributed by atoms with Crippen LogP contribution in [-0.4, -0.2) is 50.7 Å². The van der Waals surface area contributed by atoms with Crippen LogP contribution in [0.4, 0.5) is 0 Å². The lowest BCUT2D eigenvalue weighted by Crippen LogP contribution is -2.40. The number of carbonyl (C=O) groups excluding carboxylic acids is 2. The molecule has 27 heavy (non-hydrogen) atoms. The van der Waals surface area contributed by atoms with Crippen molar-refractivity contribution in [1.29, 1.82) is 0 Å². The summed E-state index contributed by atoms with van der Waals surface area (Å²) in [7, 11) is 3.93. The zero-order chi connectivity index (χ0) is 19.2. The lowest BCUT2D eigenvalue weighted by Gasteiger charge is -2.25. The molecule has 2 N–H and O–H groups in total. The summed E-state index contributed by atoms with van der Waals surface area (Å²) in [6.45, 7) is 0.509. The number of amides is 2. The van der Waals surface area contributed by atoms with Gasteiger partial charge in [0, 0.05) is 12.1 Å². The smallest absolute Gasteiger partial charge is 0.251 e. The second-order valence-electron chi connectivity index (χ2n) is 6.44. The quantitative estimate of drug-likeness (QED) is 0.774. The monoisotopic (exact) mass is 369 g/mol. The second kappa shape index (κ2) is 8.55. The maximum Gasteiger partial charge on any atom is 0.251 e. The lowest BCUT2D eigenvalue weighted by molar-refractivity contribution is -0.120. The van der Waals surface area contributed by atoms with E-state index in [2.05, 4.69) is 10.6 Å². The predicted molar refractivity (Wildman–Crippen MR) is 101 cm³/mol. The molecule has 2 amide bonds. The molecule has 0 bridgehead atoms. The summed E-state index contributed by atoms with van der Waals surface area (Å²) in [6.07, 6.45) is 0. The van der Waals surface area contributed by atoms with E-state index in [4.69, 9.17) is 9.47 Å². The fraction of sp³-hybridized carbons (Fsp3) is 0.300. The highest BCUT2D eigenvalue weighted by Gasteiger charge is 2.18. The predicted octanol–water partition coefficient (Wildman–Crippen LogP) is 1.56. The van der Waals surface area contributed by atoms with Crippen molar-refractivity contribution in [3.05, 3.63) is 59.7 Å². The van der Waals surface area contributed by atoms with Crippen molar-refractivity contribution in [2.75, 3.05) is 34.0 Å². The Labute approximate surface area is 158 Å². The number of carbonyl (C=O) groups is 2. The van der Waals surface area contributed by atoms with Crippen molar-refractivity contribution >= 4 is 11.8 Å². The van der Waals surface area contributed by atoms with Gasteiger partial charge in [-0.05, 0) is 37.9 Å². The third-order valence-corrected chi connectivity index (χ3v) is 4.34. The van der Waals surface area contributed by atoms with Gasteiger partial charge in [0.25, 0.3) is 5.91 Å². The van der Waals surface area contributed by atoms with Crippen LogP contribution in [0, 0.1) is 0 Å². The number of nitrogens with one attached hydrogen (secondary N) is 2. The highest BCUT2D eigenvalue weighted by Crippen LogP contribution is 2.32. The van der Waals surface area contributed by atoms with E-state index in [1.165, 1.54) is 0 Å². The molecule has 0 saturated heterocycles. The summed E-state index contributed by atoms with van der Waals surface area (Å²) in [6, 6.07) is 14.9. The van der Waals surface area contributed by atoms with E-state index in [0.29, 0.717) is 23.6 Å². The zero-order valence-electron chi connectivity index (χ0n) is 15.4. The van der Waals surface area contributed by atoms with E-state index in [1.54, 1.807) is 18.2 Å². The molecule has 7 nitrogen and oxygen atoms in total. The Morgan fingerprint density at radius 1 is 1.04 bits per heavy atom. The van der Waals surface area contributed by atoms with E-state index in [9.17, 15) is 9.59 Å². The molecule has 2 aromatic rings. The Morgan fingerprint density at radius 2 is 1.78 bits per heavy atom. The first kappa shape index (κ1) is 18.7. The largest absolute Gasteiger partial charge is 0.454 e. The summed E-state index contributed by atoms with van der Waals surface area (Å²) < 4.78 is 10.5. The first-order valence-electron chi connectivity index (χ1n) is 8.70. The van der Waals surface area contributed by atoms with Crippen LogP contribution in [0.15, 0.2) is 48.5 Å². The van der Waals surface area contributed by atoms with Gasteiger partial charge in [-0.25, -0.2) is 0 Å². The number of benzene rings is 2. The Kier molecular flexibility index (Phi) is 5.93. The summed E-state index contributed by atoms with van der Waals surface area (Å²) >= 11 is 0. The van der Waals surface area contributed by atoms with E-state index < -0.39 is 0 Å². The first-order chi connectivity index (χ1) is 13.0. The van der Waals surface area contributed by atoms with Crippen LogP contribution in [0.2, 0.25) is 0 Å². The number of ether oxygens (including phenoxy) is 2. The molecule has 2 aromatic carbocycles. The highest BCUT2D eigenvalue weighted by atomic mass is 16.7. The molecule has 0 radical (unpaired) electrons. The van der Waals surface area contributed by atoms with Crippen LogP contribution in [0.1, 0.15) is 22.0 Å². The fourth-order valence-electron chi connectivity index (χ4n) is 2.85. The van der Waals surface area contributed by atoms with Crippen molar-refractivity contribution in [2.45, 2.75) is 6.04 Å². The molecule has 1 aliphatic heterocycles. The fourth-order valence-corrected chi connectivity index (χ4v) is 2.85. The van der Waals surface area contributed by atoms with Gasteiger partial charge in [-0.15, -0.1) is 0 Å². The minimum Gasteiger partial charge on any atom is -0.454 e. The number of nitrogens with zero attached hydrogens (tertiary/aromatic N) is 1. The van der Waals surface area contributed by atoms with Crippen LogP contribution in [0.25, 0.3) is 0 Å². The third-order valence-electron chi connectivity index (χ3n) is 4.34. The van der Waals surface area contributed by atoms with Gasteiger partial charge in [-0.1, -0.05) is 30.3 Å². The molecule has 1 heterocycles. The molecular weight excluding hydrogens is 346 g/mol. The second-order valence-corrected chi connectivity index (χ2v) is 6.44. The molecule has 0 spiro atoms. The van der Waals surface area contributed by atoms with E-state index in [0.717, 1.165) is 5.56 Å². The van der Waals surface area contributed by atoms with Crippen LogP contribution >= 0.6 is 0 Å². The Bertz CT molecular complexity index is 808. The standard InChI is InChI=1S/C20H23N3O4/c1-23(2)16(14-6-4-3-5-7-14)11-21-19(24)12-22-20(25)15-8-9-17-18(10-15)27-13-26-17/h3-10,16H,11-13H2,1-2H3,(H,21,24)(H,22,25)/t16-/m0/s1. The topological polar surface area (TPSA) is 79.9 Å². The maximum absolute atomic E-state index is 12.2. The van der Waals surface area contributed by atoms with Crippen molar-refractivity contribution in [3.8, 4) is 11.5 Å². The summed E-state index contributed by atoms with van der Waals surface area (Å²) in [5, 5.41) is 5.49. The Morgan fingerprint density at radius 3 is 2.52 bits per heavy atom. The third kappa shape index (κ3) is 4.77. The average Bonchev–Trinajstić information content (AvgIpc) is 3.14. The molecule has 0 aromatic heterocycles. The van der Waals surface area contributed by atoms with Crippen molar-refractivity contribution in [1.82, 2.24) is 15.5 Å². The van der Waals surface area contributed by atoms with Crippen LogP contribution in [0.3, 0.4) is 0 Å². The lowest BCUT2D eigenvalue weighted by atomic mass is 10.1. The molecular formula is C20H23N3O4. The molecule has 7 heteroatoms. The Hall–Kier alpha value is -3.06. The molecule has 0 aliphatic carbocycles. The van der Waals surface area contributed by atoms with Crippen molar-refractivity contribution in [3.63, 3.8) is 0 Å². The zero-order valence-corrected chi connectivity index (χ0v) is 15.4. The highest BCUT2D eigenvalue weighted by molar-refractivity contribution is 5.97. The molecule has 3 rings (SSSR count). The molecule has 142 valence electrons. The number of hydrogen-bond acceptors (Lipinski definition) is 5. The SMILES string of the molecule is CN(C)[C@@H](CNC(=O)CNC(=O)c1ccc2c(c1)OCO2)c1ccccc1. The van der Waals surface area contributed by atoms with Gasteiger partial charge in [0.2, 0.25) is 12.7 Å². The van der Waals surface area contributed by atoms with Gasteiger partial charge in [0.1, 0.15) is 0 Å². The molecule has 1 aliphatic rings. The van der Waals surface area contributed by atoms with Crippen LogP contribution in [-0.2, 0) is 4.79 Å². The van der Waals surface area contributed by atoms with Crippen molar-refractivity contribution < 1.29 is 19.1 Å². The summed E-state index contributed by atoms with van der Waals surface area (Å²) in [5.41, 5.74) is 1.54. The Balaban J connectivity index is 1.49. The number of fused-ring (bicyclic) bond motifs is 1. The summed E-state index contributed by atoms with van der Waals surface area (Å²) in [5.74, 6) is 0.561. The normalized spacial score (nSPS) is 13.3. The van der Waals surface area contributed by atoms with Gasteiger partial charge in [-0.3, -0.25) is 9.59 Å². The minimum atomic E-state index is -0.337. The average molecular weight is 369 g/mol. The molecule has 0 saturated carbocycles. The first-order valence-corrected chi connectivity index (χ1v) is 8.70. The van der Waals surface area contributed by atoms with E-state index in [-0.39, 0.29) is 31.2 Å². The molecule has 1 atom stereocenters. The summed E-state index contributed by atoms with van der Waals surface area (Å²) in [4.78, 5) is 26.4.